The number of carbonyl (C=O) groups excluding carboxylic acids is 1. The summed E-state index contributed by atoms with van der Waals surface area (Å²) in [6.07, 6.45) is 0.532. The Labute approximate surface area is 145 Å². The van der Waals surface area contributed by atoms with Crippen LogP contribution < -0.4 is 5.73 Å². The van der Waals surface area contributed by atoms with Crippen LogP contribution in [0.3, 0.4) is 0 Å². The molecule has 0 aliphatic rings. The molecule has 8 heteroatoms. The van der Waals surface area contributed by atoms with E-state index in [1.54, 1.807) is 5.38 Å². The molecule has 1 aromatic heterocycles. The van der Waals surface area contributed by atoms with Gasteiger partial charge in [-0.1, -0.05) is 30.3 Å². The second-order valence-corrected chi connectivity index (χ2v) is 7.89. The summed E-state index contributed by atoms with van der Waals surface area (Å²) in [4.78, 5) is 11.9. The highest BCUT2D eigenvalue weighted by molar-refractivity contribution is 7.89. The highest BCUT2D eigenvalue weighted by Gasteiger charge is 2.30. The SMILES string of the molecule is COC(=O)c1sccc1S(=O)(=O)N(CCCN)Cc1ccccc1. The summed E-state index contributed by atoms with van der Waals surface area (Å²) in [5, 5.41) is 1.57. The Kier molecular flexibility index (Phi) is 6.50. The van der Waals surface area contributed by atoms with Crippen molar-refractivity contribution in [3.8, 4) is 0 Å². The minimum Gasteiger partial charge on any atom is -0.465 e. The zero-order valence-electron chi connectivity index (χ0n) is 13.3. The summed E-state index contributed by atoms with van der Waals surface area (Å²) in [5.74, 6) is -0.651. The maximum absolute atomic E-state index is 13.0. The Morgan fingerprint density at radius 1 is 1.25 bits per heavy atom. The van der Waals surface area contributed by atoms with Crippen LogP contribution in [0.25, 0.3) is 0 Å². The molecule has 2 aromatic rings. The average Bonchev–Trinajstić information content (AvgIpc) is 3.09. The monoisotopic (exact) mass is 368 g/mol. The van der Waals surface area contributed by atoms with Crippen molar-refractivity contribution in [1.29, 1.82) is 0 Å². The number of nitrogens with zero attached hydrogens (tertiary/aromatic N) is 1. The van der Waals surface area contributed by atoms with E-state index in [9.17, 15) is 13.2 Å². The third kappa shape index (κ3) is 4.21. The number of hydrogen-bond donors (Lipinski definition) is 1. The highest BCUT2D eigenvalue weighted by atomic mass is 32.2. The molecule has 0 bridgehead atoms. The molecule has 0 saturated carbocycles. The van der Waals surface area contributed by atoms with Crippen molar-refractivity contribution in [3.63, 3.8) is 0 Å². The van der Waals surface area contributed by atoms with Crippen LogP contribution in [0.5, 0.6) is 0 Å². The molecular weight excluding hydrogens is 348 g/mol. The van der Waals surface area contributed by atoms with E-state index in [2.05, 4.69) is 4.74 Å². The fourth-order valence-corrected chi connectivity index (χ4v) is 4.99. The predicted octanol–water partition coefficient (Wildman–Crippen LogP) is 2.07. The average molecular weight is 368 g/mol. The number of hydrogen-bond acceptors (Lipinski definition) is 6. The molecule has 0 unspecified atom stereocenters. The number of thiophene rings is 1. The zero-order valence-corrected chi connectivity index (χ0v) is 15.0. The Bertz CT molecular complexity index is 772. The first-order chi connectivity index (χ1) is 11.5. The number of rotatable bonds is 8. The van der Waals surface area contributed by atoms with Crippen LogP contribution in [0.4, 0.5) is 0 Å². The Morgan fingerprint density at radius 3 is 2.58 bits per heavy atom. The standard InChI is InChI=1S/C16H20N2O4S2/c1-22-16(19)15-14(8-11-23-15)24(20,21)18(10-5-9-17)12-13-6-3-2-4-7-13/h2-4,6-8,11H,5,9-10,12,17H2,1H3. The minimum atomic E-state index is -3.83. The zero-order chi connectivity index (χ0) is 17.6. The summed E-state index contributed by atoms with van der Waals surface area (Å²) in [5.41, 5.74) is 6.41. The summed E-state index contributed by atoms with van der Waals surface area (Å²) in [7, 11) is -2.60. The van der Waals surface area contributed by atoms with Gasteiger partial charge >= 0.3 is 5.97 Å². The smallest absolute Gasteiger partial charge is 0.349 e. The van der Waals surface area contributed by atoms with Gasteiger partial charge in [0.15, 0.2) is 0 Å². The van der Waals surface area contributed by atoms with Gasteiger partial charge in [-0.25, -0.2) is 13.2 Å². The molecule has 0 aliphatic heterocycles. The number of nitrogens with two attached hydrogens (primary N) is 1. The first-order valence-electron chi connectivity index (χ1n) is 7.40. The molecule has 1 aromatic carbocycles. The van der Waals surface area contributed by atoms with Crippen LogP contribution >= 0.6 is 11.3 Å². The minimum absolute atomic E-state index is 0.0210. The molecule has 0 radical (unpaired) electrons. The van der Waals surface area contributed by atoms with Gasteiger partial charge in [0, 0.05) is 13.1 Å². The van der Waals surface area contributed by atoms with Gasteiger partial charge in [0.05, 0.1) is 7.11 Å². The van der Waals surface area contributed by atoms with Crippen molar-refractivity contribution in [2.45, 2.75) is 17.9 Å². The van der Waals surface area contributed by atoms with E-state index in [0.29, 0.717) is 13.0 Å². The van der Waals surface area contributed by atoms with Crippen LogP contribution in [-0.2, 0) is 21.3 Å². The molecule has 0 atom stereocenters. The van der Waals surface area contributed by atoms with E-state index in [0.717, 1.165) is 16.9 Å². The van der Waals surface area contributed by atoms with Crippen molar-refractivity contribution in [1.82, 2.24) is 4.31 Å². The lowest BCUT2D eigenvalue weighted by molar-refractivity contribution is 0.0602. The van der Waals surface area contributed by atoms with Gasteiger partial charge in [0.2, 0.25) is 10.0 Å². The number of benzene rings is 1. The molecule has 2 rings (SSSR count). The molecule has 1 heterocycles. The lowest BCUT2D eigenvalue weighted by Gasteiger charge is -2.22. The molecule has 0 fully saturated rings. The van der Waals surface area contributed by atoms with Crippen LogP contribution in [0.15, 0.2) is 46.7 Å². The second kappa shape index (κ2) is 8.39. The van der Waals surface area contributed by atoms with Gasteiger partial charge in [-0.05, 0) is 30.0 Å². The van der Waals surface area contributed by atoms with E-state index >= 15 is 0 Å². The summed E-state index contributed by atoms with van der Waals surface area (Å²) < 4.78 is 32.1. The molecule has 0 aliphatic carbocycles. The number of carbonyl (C=O) groups is 1. The Morgan fingerprint density at radius 2 is 1.96 bits per heavy atom. The molecule has 130 valence electrons. The summed E-state index contributed by atoms with van der Waals surface area (Å²) >= 11 is 1.05. The first kappa shape index (κ1) is 18.6. The molecule has 24 heavy (non-hydrogen) atoms. The summed E-state index contributed by atoms with van der Waals surface area (Å²) in [6.45, 7) is 0.887. The van der Waals surface area contributed by atoms with E-state index in [4.69, 9.17) is 5.73 Å². The van der Waals surface area contributed by atoms with Gasteiger partial charge < -0.3 is 10.5 Å². The fraction of sp³-hybridized carbons (Fsp3) is 0.312. The van der Waals surface area contributed by atoms with E-state index in [-0.39, 0.29) is 22.9 Å². The maximum atomic E-state index is 13.0. The van der Waals surface area contributed by atoms with Crippen molar-refractivity contribution < 1.29 is 17.9 Å². The molecule has 0 spiro atoms. The molecule has 2 N–H and O–H groups in total. The third-order valence-corrected chi connectivity index (χ3v) is 6.34. The number of methoxy groups -OCH3 is 1. The highest BCUT2D eigenvalue weighted by Crippen LogP contribution is 2.27. The number of esters is 1. The summed E-state index contributed by atoms with van der Waals surface area (Å²) in [6, 6.07) is 10.7. The topological polar surface area (TPSA) is 89.7 Å². The number of ether oxygens (including phenoxy) is 1. The van der Waals surface area contributed by atoms with Crippen LogP contribution in [0.2, 0.25) is 0 Å². The fourth-order valence-electron chi connectivity index (χ4n) is 2.22. The maximum Gasteiger partial charge on any atom is 0.349 e. The van der Waals surface area contributed by atoms with Gasteiger partial charge in [0.25, 0.3) is 0 Å². The quantitative estimate of drug-likeness (QED) is 0.721. The van der Waals surface area contributed by atoms with Crippen molar-refractivity contribution >= 4 is 27.3 Å². The lowest BCUT2D eigenvalue weighted by Crippen LogP contribution is -2.33. The van der Waals surface area contributed by atoms with Crippen molar-refractivity contribution in [2.75, 3.05) is 20.2 Å². The van der Waals surface area contributed by atoms with Crippen molar-refractivity contribution in [2.24, 2.45) is 5.73 Å². The van der Waals surface area contributed by atoms with Gasteiger partial charge in [0.1, 0.15) is 9.77 Å². The van der Waals surface area contributed by atoms with E-state index in [1.165, 1.54) is 17.5 Å². The predicted molar refractivity (Wildman–Crippen MR) is 93.4 cm³/mol. The van der Waals surface area contributed by atoms with Crippen LogP contribution in [0.1, 0.15) is 21.7 Å². The molecule has 0 saturated heterocycles. The molecule has 0 amide bonds. The van der Waals surface area contributed by atoms with Crippen molar-refractivity contribution in [3.05, 3.63) is 52.2 Å². The van der Waals surface area contributed by atoms with Gasteiger partial charge in [-0.3, -0.25) is 0 Å². The third-order valence-electron chi connectivity index (χ3n) is 3.43. The second-order valence-electron chi connectivity index (χ2n) is 5.07. The lowest BCUT2D eigenvalue weighted by atomic mass is 10.2. The van der Waals surface area contributed by atoms with Gasteiger partial charge in [-0.15, -0.1) is 11.3 Å². The number of sulfonamides is 1. The van der Waals surface area contributed by atoms with Gasteiger partial charge in [-0.2, -0.15) is 4.31 Å². The van der Waals surface area contributed by atoms with E-state index < -0.39 is 16.0 Å². The normalized spacial score (nSPS) is 11.6. The largest absolute Gasteiger partial charge is 0.465 e. The Balaban J connectivity index is 2.37. The molecule has 6 nitrogen and oxygen atoms in total. The molecular formula is C16H20N2O4S2. The first-order valence-corrected chi connectivity index (χ1v) is 9.72. The van der Waals surface area contributed by atoms with Crippen LogP contribution in [-0.4, -0.2) is 38.9 Å². The Hall–Kier alpha value is -1.74. The van der Waals surface area contributed by atoms with Crippen LogP contribution in [0, 0.1) is 0 Å². The van der Waals surface area contributed by atoms with E-state index in [1.807, 2.05) is 30.3 Å².